The molecule has 0 radical (unpaired) electrons. The quantitative estimate of drug-likeness (QED) is 0.775. The summed E-state index contributed by atoms with van der Waals surface area (Å²) < 4.78 is 1.16. The van der Waals surface area contributed by atoms with Gasteiger partial charge in [-0.05, 0) is 62.1 Å². The molecular weight excluding hydrogens is 286 g/mol. The predicted molar refractivity (Wildman–Crippen MR) is 80.9 cm³/mol. The van der Waals surface area contributed by atoms with Gasteiger partial charge in [0.15, 0.2) is 0 Å². The third-order valence-corrected chi connectivity index (χ3v) is 5.40. The van der Waals surface area contributed by atoms with Gasteiger partial charge in [-0.2, -0.15) is 0 Å². The van der Waals surface area contributed by atoms with Crippen LogP contribution in [0.2, 0.25) is 0 Å². The summed E-state index contributed by atoms with van der Waals surface area (Å²) in [6.07, 6.45) is 11.5. The van der Waals surface area contributed by atoms with E-state index in [9.17, 15) is 0 Å². The minimum absolute atomic E-state index is 0.686. The normalized spacial score (nSPS) is 23.4. The highest BCUT2D eigenvalue weighted by Crippen LogP contribution is 2.49. The van der Waals surface area contributed by atoms with Crippen molar-refractivity contribution in [2.24, 2.45) is 5.41 Å². The Morgan fingerprint density at radius 3 is 2.44 bits per heavy atom. The molecule has 1 N–H and O–H groups in total. The molecule has 2 aliphatic carbocycles. The zero-order valence-corrected chi connectivity index (χ0v) is 12.5. The van der Waals surface area contributed by atoms with E-state index < -0.39 is 0 Å². The Morgan fingerprint density at radius 1 is 1.06 bits per heavy atom. The molecule has 1 aromatic rings. The van der Waals surface area contributed by atoms with E-state index in [1.54, 1.807) is 0 Å². The van der Waals surface area contributed by atoms with Crippen LogP contribution in [0.4, 0.5) is 5.69 Å². The fraction of sp³-hybridized carbons (Fsp3) is 0.625. The first kappa shape index (κ1) is 12.5. The van der Waals surface area contributed by atoms with Gasteiger partial charge in [-0.3, -0.25) is 0 Å². The van der Waals surface area contributed by atoms with Crippen molar-refractivity contribution in [3.63, 3.8) is 0 Å². The van der Waals surface area contributed by atoms with Crippen molar-refractivity contribution in [2.45, 2.75) is 57.4 Å². The molecule has 2 saturated carbocycles. The van der Waals surface area contributed by atoms with Gasteiger partial charge >= 0.3 is 0 Å². The lowest BCUT2D eigenvalue weighted by molar-refractivity contribution is 0.188. The Hall–Kier alpha value is -0.500. The Kier molecular flexibility index (Phi) is 3.65. The molecule has 0 atom stereocenters. The van der Waals surface area contributed by atoms with Crippen LogP contribution in [0.15, 0.2) is 28.7 Å². The summed E-state index contributed by atoms with van der Waals surface area (Å²) >= 11 is 3.54. The molecule has 98 valence electrons. The Labute approximate surface area is 118 Å². The number of hydrogen-bond acceptors (Lipinski definition) is 1. The molecule has 3 rings (SSSR count). The molecule has 18 heavy (non-hydrogen) atoms. The van der Waals surface area contributed by atoms with Crippen LogP contribution in [0.25, 0.3) is 0 Å². The fourth-order valence-corrected chi connectivity index (χ4v) is 4.21. The van der Waals surface area contributed by atoms with Crippen LogP contribution in [0.5, 0.6) is 0 Å². The molecule has 1 nitrogen and oxygen atoms in total. The number of benzene rings is 1. The van der Waals surface area contributed by atoms with E-state index in [1.807, 2.05) is 0 Å². The van der Waals surface area contributed by atoms with Crippen molar-refractivity contribution in [1.82, 2.24) is 0 Å². The average molecular weight is 308 g/mol. The molecule has 2 aliphatic rings. The van der Waals surface area contributed by atoms with Gasteiger partial charge in [-0.25, -0.2) is 0 Å². The second-order valence-electron chi connectivity index (χ2n) is 6.14. The van der Waals surface area contributed by atoms with Crippen LogP contribution in [0.3, 0.4) is 0 Å². The highest BCUT2D eigenvalue weighted by molar-refractivity contribution is 9.10. The molecule has 0 aliphatic heterocycles. The largest absolute Gasteiger partial charge is 0.382 e. The number of anilines is 1. The maximum atomic E-state index is 3.70. The molecule has 0 saturated heterocycles. The Bertz CT molecular complexity index is 399. The summed E-state index contributed by atoms with van der Waals surface area (Å²) in [5, 5.41) is 3.70. The second kappa shape index (κ2) is 5.24. The molecule has 0 aromatic heterocycles. The fourth-order valence-electron chi connectivity index (χ4n) is 3.81. The maximum Gasteiger partial charge on any atom is 0.0353 e. The molecule has 0 heterocycles. The van der Waals surface area contributed by atoms with Crippen LogP contribution in [-0.4, -0.2) is 6.04 Å². The van der Waals surface area contributed by atoms with Gasteiger partial charge in [-0.15, -0.1) is 0 Å². The van der Waals surface area contributed by atoms with Crippen molar-refractivity contribution in [1.29, 1.82) is 0 Å². The van der Waals surface area contributed by atoms with Crippen LogP contribution < -0.4 is 5.32 Å². The minimum atomic E-state index is 0.686. The monoisotopic (exact) mass is 307 g/mol. The van der Waals surface area contributed by atoms with Gasteiger partial charge in [0, 0.05) is 16.2 Å². The molecule has 1 spiro atoms. The van der Waals surface area contributed by atoms with Crippen molar-refractivity contribution in [3.05, 3.63) is 28.7 Å². The van der Waals surface area contributed by atoms with E-state index in [0.717, 1.165) is 9.89 Å². The summed E-state index contributed by atoms with van der Waals surface area (Å²) in [4.78, 5) is 0. The number of hydrogen-bond donors (Lipinski definition) is 1. The first-order valence-electron chi connectivity index (χ1n) is 7.28. The van der Waals surface area contributed by atoms with E-state index in [0.29, 0.717) is 6.04 Å². The molecular formula is C16H22BrN. The van der Waals surface area contributed by atoms with E-state index in [1.165, 1.54) is 57.1 Å². The highest BCUT2D eigenvalue weighted by Gasteiger charge is 2.37. The van der Waals surface area contributed by atoms with E-state index in [2.05, 4.69) is 45.5 Å². The average Bonchev–Trinajstić information content (AvgIpc) is 2.81. The van der Waals surface area contributed by atoms with Crippen LogP contribution in [-0.2, 0) is 0 Å². The van der Waals surface area contributed by atoms with Gasteiger partial charge in [-0.1, -0.05) is 34.8 Å². The minimum Gasteiger partial charge on any atom is -0.382 e. The molecule has 1 aromatic carbocycles. The maximum absolute atomic E-state index is 3.70. The van der Waals surface area contributed by atoms with Gasteiger partial charge in [0.1, 0.15) is 0 Å². The van der Waals surface area contributed by atoms with E-state index in [4.69, 9.17) is 0 Å². The summed E-state index contributed by atoms with van der Waals surface area (Å²) in [6, 6.07) is 9.23. The summed E-state index contributed by atoms with van der Waals surface area (Å²) in [5.74, 6) is 0. The molecule has 0 unspecified atom stereocenters. The summed E-state index contributed by atoms with van der Waals surface area (Å²) in [7, 11) is 0. The zero-order valence-electron chi connectivity index (χ0n) is 10.9. The van der Waals surface area contributed by atoms with Crippen LogP contribution in [0, 0.1) is 5.41 Å². The highest BCUT2D eigenvalue weighted by atomic mass is 79.9. The predicted octanol–water partition coefficient (Wildman–Crippen LogP) is 5.36. The zero-order chi connectivity index (χ0) is 12.4. The first-order chi connectivity index (χ1) is 8.76. The SMILES string of the molecule is Brc1cccc(NC2CCC3(CCCC3)CC2)c1. The Balaban J connectivity index is 1.57. The van der Waals surface area contributed by atoms with E-state index >= 15 is 0 Å². The van der Waals surface area contributed by atoms with Crippen molar-refractivity contribution < 1.29 is 0 Å². The summed E-state index contributed by atoms with van der Waals surface area (Å²) in [5.41, 5.74) is 2.01. The van der Waals surface area contributed by atoms with Crippen LogP contribution >= 0.6 is 15.9 Å². The van der Waals surface area contributed by atoms with Gasteiger partial charge < -0.3 is 5.32 Å². The van der Waals surface area contributed by atoms with E-state index in [-0.39, 0.29) is 0 Å². The van der Waals surface area contributed by atoms with Crippen molar-refractivity contribution in [3.8, 4) is 0 Å². The lowest BCUT2D eigenvalue weighted by Crippen LogP contribution is -2.31. The van der Waals surface area contributed by atoms with Gasteiger partial charge in [0.05, 0.1) is 0 Å². The van der Waals surface area contributed by atoms with Crippen molar-refractivity contribution in [2.75, 3.05) is 5.32 Å². The number of halogens is 1. The number of nitrogens with one attached hydrogen (secondary N) is 1. The lowest BCUT2D eigenvalue weighted by Gasteiger charge is -2.37. The molecule has 0 bridgehead atoms. The number of rotatable bonds is 2. The second-order valence-corrected chi connectivity index (χ2v) is 7.05. The van der Waals surface area contributed by atoms with Gasteiger partial charge in [0.25, 0.3) is 0 Å². The third kappa shape index (κ3) is 2.74. The topological polar surface area (TPSA) is 12.0 Å². The lowest BCUT2D eigenvalue weighted by atomic mass is 9.71. The van der Waals surface area contributed by atoms with Gasteiger partial charge in [0.2, 0.25) is 0 Å². The standard InChI is InChI=1S/C16H22BrN/c17-13-4-3-5-15(12-13)18-14-6-10-16(11-7-14)8-1-2-9-16/h3-5,12,14,18H,1-2,6-11H2. The molecule has 2 fully saturated rings. The third-order valence-electron chi connectivity index (χ3n) is 4.91. The first-order valence-corrected chi connectivity index (χ1v) is 8.07. The van der Waals surface area contributed by atoms with Crippen molar-refractivity contribution >= 4 is 21.6 Å². The molecule has 0 amide bonds. The van der Waals surface area contributed by atoms with Crippen LogP contribution in [0.1, 0.15) is 51.4 Å². The molecule has 2 heteroatoms. The Morgan fingerprint density at radius 2 is 1.78 bits per heavy atom. The summed E-state index contributed by atoms with van der Waals surface area (Å²) in [6.45, 7) is 0. The smallest absolute Gasteiger partial charge is 0.0353 e.